The fraction of sp³-hybridized carbons (Fsp3) is 0.524. The Kier molecular flexibility index (Phi) is 3.66. The monoisotopic (exact) mass is 342 g/mol. The first kappa shape index (κ1) is 16.8. The Morgan fingerprint density at radius 3 is 2.56 bits per heavy atom. The van der Waals surface area contributed by atoms with E-state index in [4.69, 9.17) is 19.2 Å². The summed E-state index contributed by atoms with van der Waals surface area (Å²) in [5, 5.41) is 0. The molecule has 4 nitrogen and oxygen atoms in total. The maximum absolute atomic E-state index is 6.52. The van der Waals surface area contributed by atoms with Crippen molar-refractivity contribution in [1.29, 1.82) is 0 Å². The Labute approximate surface area is 149 Å². The Balaban J connectivity index is 1.70. The number of hydrogen-bond acceptors (Lipinski definition) is 4. The van der Waals surface area contributed by atoms with Gasteiger partial charge in [0, 0.05) is 11.0 Å². The SMILES string of the molecule is COc1ccccc1/C=C/[C@@]12C=C[C@]3(OO1)C(C)(C)CCC[C@@]3(C)O2. The Morgan fingerprint density at radius 1 is 1.04 bits per heavy atom. The third kappa shape index (κ3) is 2.31. The van der Waals surface area contributed by atoms with Crippen LogP contribution in [-0.4, -0.2) is 24.1 Å². The maximum atomic E-state index is 6.52. The van der Waals surface area contributed by atoms with Gasteiger partial charge in [-0.3, -0.25) is 0 Å². The largest absolute Gasteiger partial charge is 0.496 e. The van der Waals surface area contributed by atoms with Crippen molar-refractivity contribution in [3.63, 3.8) is 0 Å². The number of rotatable bonds is 3. The van der Waals surface area contributed by atoms with Crippen LogP contribution in [0.1, 0.15) is 45.6 Å². The molecule has 3 atom stereocenters. The molecule has 1 saturated heterocycles. The predicted molar refractivity (Wildman–Crippen MR) is 95.9 cm³/mol. The van der Waals surface area contributed by atoms with E-state index >= 15 is 0 Å². The van der Waals surface area contributed by atoms with E-state index in [1.54, 1.807) is 7.11 Å². The Morgan fingerprint density at radius 2 is 1.84 bits per heavy atom. The van der Waals surface area contributed by atoms with Gasteiger partial charge in [-0.1, -0.05) is 32.0 Å². The minimum Gasteiger partial charge on any atom is -0.496 e. The molecule has 1 spiro atoms. The van der Waals surface area contributed by atoms with Gasteiger partial charge in [-0.25, -0.2) is 4.89 Å². The van der Waals surface area contributed by atoms with Crippen molar-refractivity contribution in [2.24, 2.45) is 5.41 Å². The first-order valence-corrected chi connectivity index (χ1v) is 8.95. The van der Waals surface area contributed by atoms with Crippen LogP contribution < -0.4 is 4.74 Å². The van der Waals surface area contributed by atoms with Gasteiger partial charge in [-0.15, -0.1) is 0 Å². The molecule has 5 rings (SSSR count). The van der Waals surface area contributed by atoms with Crippen molar-refractivity contribution >= 4 is 6.08 Å². The molecule has 3 heterocycles. The molecule has 3 aliphatic heterocycles. The summed E-state index contributed by atoms with van der Waals surface area (Å²) in [7, 11) is 1.67. The summed E-state index contributed by atoms with van der Waals surface area (Å²) in [6.45, 7) is 6.60. The molecule has 134 valence electrons. The second kappa shape index (κ2) is 5.44. The highest BCUT2D eigenvalue weighted by Crippen LogP contribution is 2.60. The fourth-order valence-corrected chi connectivity index (χ4v) is 4.63. The summed E-state index contributed by atoms with van der Waals surface area (Å²) in [5.74, 6) is -0.184. The lowest BCUT2D eigenvalue weighted by molar-refractivity contribution is -0.540. The zero-order valence-corrected chi connectivity index (χ0v) is 15.4. The van der Waals surface area contributed by atoms with Crippen LogP contribution in [0.5, 0.6) is 5.75 Å². The van der Waals surface area contributed by atoms with E-state index in [1.165, 1.54) is 0 Å². The van der Waals surface area contributed by atoms with E-state index in [-0.39, 0.29) is 5.41 Å². The fourth-order valence-electron chi connectivity index (χ4n) is 4.63. The van der Waals surface area contributed by atoms with Crippen LogP contribution in [0.2, 0.25) is 0 Å². The van der Waals surface area contributed by atoms with E-state index in [0.717, 1.165) is 30.6 Å². The van der Waals surface area contributed by atoms with Gasteiger partial charge in [0.1, 0.15) is 11.4 Å². The van der Waals surface area contributed by atoms with Crippen LogP contribution >= 0.6 is 0 Å². The van der Waals surface area contributed by atoms with Gasteiger partial charge in [0.2, 0.25) is 5.79 Å². The molecular weight excluding hydrogens is 316 g/mol. The van der Waals surface area contributed by atoms with Gasteiger partial charge in [0.05, 0.1) is 7.11 Å². The summed E-state index contributed by atoms with van der Waals surface area (Å²) >= 11 is 0. The molecule has 4 heteroatoms. The van der Waals surface area contributed by atoms with E-state index in [2.05, 4.69) is 26.8 Å². The normalized spacial score (nSPS) is 38.7. The topological polar surface area (TPSA) is 36.9 Å². The first-order valence-electron chi connectivity index (χ1n) is 8.95. The number of hydrogen-bond donors (Lipinski definition) is 0. The predicted octanol–water partition coefficient (Wildman–Crippen LogP) is 4.66. The van der Waals surface area contributed by atoms with Crippen molar-refractivity contribution in [3.8, 4) is 5.75 Å². The molecule has 0 unspecified atom stereocenters. The van der Waals surface area contributed by atoms with Gasteiger partial charge in [-0.05, 0) is 56.6 Å². The minimum absolute atomic E-state index is 0.0462. The number of fused-ring (bicyclic) bond motifs is 1. The average Bonchev–Trinajstić information content (AvgIpc) is 2.60. The minimum atomic E-state index is -0.995. The number of para-hydroxylation sites is 1. The van der Waals surface area contributed by atoms with Crippen LogP contribution in [-0.2, 0) is 14.5 Å². The van der Waals surface area contributed by atoms with Gasteiger partial charge in [-0.2, -0.15) is 4.89 Å². The molecule has 1 aromatic rings. The molecule has 2 fully saturated rings. The summed E-state index contributed by atoms with van der Waals surface area (Å²) in [4.78, 5) is 11.8. The molecular formula is C21H26O4. The molecule has 0 N–H and O–H groups in total. The van der Waals surface area contributed by atoms with Crippen molar-refractivity contribution in [1.82, 2.24) is 0 Å². The van der Waals surface area contributed by atoms with E-state index < -0.39 is 17.0 Å². The van der Waals surface area contributed by atoms with Gasteiger partial charge in [0.25, 0.3) is 0 Å². The number of ether oxygens (including phenoxy) is 2. The van der Waals surface area contributed by atoms with Crippen LogP contribution in [0, 0.1) is 5.41 Å². The first-order chi connectivity index (χ1) is 11.9. The number of methoxy groups -OCH3 is 1. The summed E-state index contributed by atoms with van der Waals surface area (Å²) < 4.78 is 11.9. The summed E-state index contributed by atoms with van der Waals surface area (Å²) in [5.41, 5.74) is -0.0304. The molecule has 1 aliphatic carbocycles. The highest BCUT2D eigenvalue weighted by Gasteiger charge is 2.68. The Bertz CT molecular complexity index is 737. The molecule has 4 aliphatic rings. The molecule has 0 radical (unpaired) electrons. The summed E-state index contributed by atoms with van der Waals surface area (Å²) in [6, 6.07) is 7.86. The highest BCUT2D eigenvalue weighted by atomic mass is 17.3. The molecule has 25 heavy (non-hydrogen) atoms. The molecule has 2 bridgehead atoms. The van der Waals surface area contributed by atoms with Crippen molar-refractivity contribution < 1.29 is 19.2 Å². The average molecular weight is 342 g/mol. The summed E-state index contributed by atoms with van der Waals surface area (Å²) in [6.07, 6.45) is 11.2. The lowest BCUT2D eigenvalue weighted by Gasteiger charge is -2.64. The molecule has 1 aromatic carbocycles. The van der Waals surface area contributed by atoms with E-state index in [1.807, 2.05) is 42.5 Å². The quantitative estimate of drug-likeness (QED) is 0.591. The zero-order chi connectivity index (χ0) is 17.8. The van der Waals surface area contributed by atoms with Crippen molar-refractivity contribution in [3.05, 3.63) is 48.1 Å². The molecule has 1 saturated carbocycles. The zero-order valence-electron chi connectivity index (χ0n) is 15.4. The standard InChI is InChI=1S/C21H26O4/c1-18(2)11-7-12-19(3)21(18)15-14-20(23-19,24-25-21)13-10-16-8-5-6-9-17(16)22-4/h5-6,8-10,13-15H,7,11-12H2,1-4H3/b13-10+/t19-,20+,21+/m1/s1. The highest BCUT2D eigenvalue weighted by molar-refractivity contribution is 5.58. The van der Waals surface area contributed by atoms with Crippen molar-refractivity contribution in [2.75, 3.05) is 7.11 Å². The molecule has 0 amide bonds. The second-order valence-corrected chi connectivity index (χ2v) is 8.10. The van der Waals surface area contributed by atoms with Gasteiger partial charge in [0.15, 0.2) is 5.60 Å². The van der Waals surface area contributed by atoms with E-state index in [9.17, 15) is 0 Å². The molecule has 0 aromatic heterocycles. The van der Waals surface area contributed by atoms with Gasteiger partial charge >= 0.3 is 0 Å². The van der Waals surface area contributed by atoms with Crippen LogP contribution in [0.15, 0.2) is 42.5 Å². The third-order valence-electron chi connectivity index (χ3n) is 6.12. The Hall–Kier alpha value is -1.62. The van der Waals surface area contributed by atoms with Crippen LogP contribution in [0.4, 0.5) is 0 Å². The van der Waals surface area contributed by atoms with Crippen molar-refractivity contribution in [2.45, 2.75) is 57.0 Å². The van der Waals surface area contributed by atoms with Crippen LogP contribution in [0.25, 0.3) is 6.08 Å². The second-order valence-electron chi connectivity index (χ2n) is 8.10. The number of benzene rings is 1. The maximum Gasteiger partial charge on any atom is 0.241 e. The smallest absolute Gasteiger partial charge is 0.241 e. The third-order valence-corrected chi connectivity index (χ3v) is 6.12. The lowest BCUT2D eigenvalue weighted by Crippen LogP contribution is -2.73. The van der Waals surface area contributed by atoms with Gasteiger partial charge < -0.3 is 9.47 Å². The van der Waals surface area contributed by atoms with E-state index in [0.29, 0.717) is 0 Å². The van der Waals surface area contributed by atoms with Crippen LogP contribution in [0.3, 0.4) is 0 Å². The lowest BCUT2D eigenvalue weighted by atomic mass is 9.57.